The van der Waals surface area contributed by atoms with E-state index in [0.717, 1.165) is 61.4 Å². The first-order chi connectivity index (χ1) is 18.9. The van der Waals surface area contributed by atoms with Crippen LogP contribution in [0.4, 0.5) is 19.4 Å². The summed E-state index contributed by atoms with van der Waals surface area (Å²) in [5, 5.41) is 0. The predicted molar refractivity (Wildman–Crippen MR) is 153 cm³/mol. The van der Waals surface area contributed by atoms with E-state index in [4.69, 9.17) is 4.74 Å². The van der Waals surface area contributed by atoms with E-state index in [0.29, 0.717) is 36.8 Å². The fourth-order valence-corrected chi connectivity index (χ4v) is 5.79. The molecule has 2 amide bonds. The first kappa shape index (κ1) is 30.2. The zero-order valence-corrected chi connectivity index (χ0v) is 25.2. The Kier molecular flexibility index (Phi) is 9.66. The molecule has 3 heterocycles. The van der Waals surface area contributed by atoms with E-state index in [1.807, 2.05) is 27.7 Å². The second kappa shape index (κ2) is 12.8. The molecule has 0 radical (unpaired) electrons. The van der Waals surface area contributed by atoms with Crippen LogP contribution in [0, 0.1) is 11.6 Å². The minimum Gasteiger partial charge on any atom is -0.444 e. The minimum atomic E-state index is -0.930. The van der Waals surface area contributed by atoms with Gasteiger partial charge in [-0.25, -0.2) is 18.6 Å². The molecule has 2 fully saturated rings. The normalized spacial score (nSPS) is 17.2. The van der Waals surface area contributed by atoms with Crippen LogP contribution in [0.1, 0.15) is 56.5 Å². The second-order valence-electron chi connectivity index (χ2n) is 11.3. The first-order valence-electron chi connectivity index (χ1n) is 13.8. The maximum atomic E-state index is 13.6. The summed E-state index contributed by atoms with van der Waals surface area (Å²) in [4.78, 5) is 38.2. The van der Waals surface area contributed by atoms with Crippen molar-refractivity contribution in [1.29, 1.82) is 0 Å². The highest BCUT2D eigenvalue weighted by Crippen LogP contribution is 2.28. The van der Waals surface area contributed by atoms with Gasteiger partial charge in [0, 0.05) is 64.6 Å². The van der Waals surface area contributed by atoms with Gasteiger partial charge in [-0.2, -0.15) is 0 Å². The number of carbonyl (C=O) groups excluding carboxylic acids is 2. The number of aromatic nitrogens is 1. The number of hydrogen-bond donors (Lipinski definition) is 0. The summed E-state index contributed by atoms with van der Waals surface area (Å²) in [7, 11) is 0. The number of rotatable bonds is 6. The van der Waals surface area contributed by atoms with E-state index in [2.05, 4.69) is 30.7 Å². The van der Waals surface area contributed by atoms with Crippen molar-refractivity contribution in [3.63, 3.8) is 0 Å². The van der Waals surface area contributed by atoms with E-state index in [1.54, 1.807) is 22.1 Å². The third kappa shape index (κ3) is 7.48. The molecule has 0 bridgehead atoms. The van der Waals surface area contributed by atoms with Crippen LogP contribution in [-0.2, 0) is 11.3 Å². The Morgan fingerprint density at radius 1 is 1.05 bits per heavy atom. The van der Waals surface area contributed by atoms with Gasteiger partial charge in [0.25, 0.3) is 5.91 Å². The summed E-state index contributed by atoms with van der Waals surface area (Å²) >= 11 is 3.61. The van der Waals surface area contributed by atoms with E-state index in [-0.39, 0.29) is 18.5 Å². The van der Waals surface area contributed by atoms with Crippen molar-refractivity contribution in [1.82, 2.24) is 19.7 Å². The van der Waals surface area contributed by atoms with Gasteiger partial charge in [0.15, 0.2) is 11.6 Å². The summed E-state index contributed by atoms with van der Waals surface area (Å²) in [5.74, 6) is -1.28. The molecule has 218 valence electrons. The fraction of sp³-hybridized carbons (Fsp3) is 0.552. The molecule has 0 N–H and O–H groups in total. The SMILES string of the molecule is CCN(Cc1ccc(F)c(F)c1)C(=O)c1cnc(N2CCN(C3CCN(C(=O)OC(C)(C)C)CC3)CC2)c(Br)c1. The van der Waals surface area contributed by atoms with Crippen LogP contribution in [0.5, 0.6) is 0 Å². The summed E-state index contributed by atoms with van der Waals surface area (Å²) < 4.78 is 33.2. The lowest BCUT2D eigenvalue weighted by atomic mass is 10.0. The molecule has 2 saturated heterocycles. The van der Waals surface area contributed by atoms with E-state index in [9.17, 15) is 18.4 Å². The van der Waals surface area contributed by atoms with Crippen LogP contribution >= 0.6 is 15.9 Å². The number of piperidine rings is 1. The molecule has 0 spiro atoms. The van der Waals surface area contributed by atoms with Gasteiger partial charge < -0.3 is 19.4 Å². The van der Waals surface area contributed by atoms with Gasteiger partial charge in [0.2, 0.25) is 0 Å². The number of pyridine rings is 1. The maximum Gasteiger partial charge on any atom is 0.410 e. The summed E-state index contributed by atoms with van der Waals surface area (Å²) in [5.41, 5.74) is 0.458. The maximum absolute atomic E-state index is 13.6. The highest BCUT2D eigenvalue weighted by atomic mass is 79.9. The van der Waals surface area contributed by atoms with Gasteiger partial charge in [-0.1, -0.05) is 6.07 Å². The second-order valence-corrected chi connectivity index (χ2v) is 12.2. The molecule has 40 heavy (non-hydrogen) atoms. The van der Waals surface area contributed by atoms with Crippen molar-refractivity contribution >= 4 is 33.7 Å². The standard InChI is InChI=1S/C29H38BrF2N5O3/c1-5-34(19-20-6-7-24(31)25(32)16-20)27(38)21-17-23(30)26(33-18-21)36-14-12-35(13-15-36)22-8-10-37(11-9-22)28(39)40-29(2,3)4/h6-7,16-18,22H,5,8-15,19H2,1-4H3. The molecule has 1 aromatic heterocycles. The Hall–Kier alpha value is -2.79. The first-order valence-corrected chi connectivity index (χ1v) is 14.6. The largest absolute Gasteiger partial charge is 0.444 e. The molecule has 2 aromatic rings. The minimum absolute atomic E-state index is 0.171. The molecule has 11 heteroatoms. The smallest absolute Gasteiger partial charge is 0.410 e. The van der Waals surface area contributed by atoms with Gasteiger partial charge in [-0.3, -0.25) is 9.69 Å². The summed E-state index contributed by atoms with van der Waals surface area (Å²) in [6.45, 7) is 12.9. The number of halogens is 3. The van der Waals surface area contributed by atoms with Crippen molar-refractivity contribution in [3.8, 4) is 0 Å². The Morgan fingerprint density at radius 3 is 2.30 bits per heavy atom. The highest BCUT2D eigenvalue weighted by Gasteiger charge is 2.31. The number of benzene rings is 1. The Bertz CT molecular complexity index is 1210. The molecule has 0 unspecified atom stereocenters. The topological polar surface area (TPSA) is 69.2 Å². The number of amides is 2. The van der Waals surface area contributed by atoms with E-state index < -0.39 is 17.2 Å². The highest BCUT2D eigenvalue weighted by molar-refractivity contribution is 9.10. The van der Waals surface area contributed by atoms with Gasteiger partial charge in [-0.15, -0.1) is 0 Å². The van der Waals surface area contributed by atoms with Gasteiger partial charge in [0.05, 0.1) is 10.0 Å². The van der Waals surface area contributed by atoms with Crippen LogP contribution < -0.4 is 4.90 Å². The molecular weight excluding hydrogens is 584 g/mol. The molecule has 4 rings (SSSR count). The number of carbonyl (C=O) groups is 2. The van der Waals surface area contributed by atoms with Crippen molar-refractivity contribution in [2.24, 2.45) is 0 Å². The lowest BCUT2D eigenvalue weighted by molar-refractivity contribution is 0.0139. The Morgan fingerprint density at radius 2 is 1.73 bits per heavy atom. The van der Waals surface area contributed by atoms with Crippen molar-refractivity contribution in [3.05, 3.63) is 57.7 Å². The van der Waals surface area contributed by atoms with Crippen molar-refractivity contribution in [2.75, 3.05) is 50.7 Å². The number of ether oxygens (including phenoxy) is 1. The molecule has 0 aliphatic carbocycles. The quantitative estimate of drug-likeness (QED) is 0.436. The van der Waals surface area contributed by atoms with Crippen LogP contribution in [-0.4, -0.2) is 89.1 Å². The summed E-state index contributed by atoms with van der Waals surface area (Å²) in [6, 6.07) is 5.88. The molecule has 0 atom stereocenters. The fourth-order valence-electron chi connectivity index (χ4n) is 5.19. The zero-order valence-electron chi connectivity index (χ0n) is 23.6. The molecule has 8 nitrogen and oxygen atoms in total. The zero-order chi connectivity index (χ0) is 29.0. The van der Waals surface area contributed by atoms with Gasteiger partial charge >= 0.3 is 6.09 Å². The number of anilines is 1. The Labute approximate surface area is 243 Å². The van der Waals surface area contributed by atoms with E-state index >= 15 is 0 Å². The molecule has 0 saturated carbocycles. The lowest BCUT2D eigenvalue weighted by Crippen LogP contribution is -2.54. The monoisotopic (exact) mass is 621 g/mol. The molecule has 2 aliphatic heterocycles. The molecular formula is C29H38BrF2N5O3. The third-order valence-corrected chi connectivity index (χ3v) is 7.93. The lowest BCUT2D eigenvalue weighted by Gasteiger charge is -2.43. The number of hydrogen-bond acceptors (Lipinski definition) is 6. The number of nitrogens with zero attached hydrogens (tertiary/aromatic N) is 5. The number of piperazine rings is 1. The molecule has 1 aromatic carbocycles. The average molecular weight is 623 g/mol. The average Bonchev–Trinajstić information content (AvgIpc) is 2.92. The Balaban J connectivity index is 1.30. The van der Waals surface area contributed by atoms with Crippen LogP contribution in [0.2, 0.25) is 0 Å². The van der Waals surface area contributed by atoms with Crippen LogP contribution in [0.15, 0.2) is 34.9 Å². The summed E-state index contributed by atoms with van der Waals surface area (Å²) in [6.07, 6.45) is 3.20. The van der Waals surface area contributed by atoms with Crippen molar-refractivity contribution in [2.45, 2.75) is 58.7 Å². The van der Waals surface area contributed by atoms with Gasteiger partial charge in [0.1, 0.15) is 11.4 Å². The van der Waals surface area contributed by atoms with E-state index in [1.165, 1.54) is 6.07 Å². The number of likely N-dealkylation sites (tertiary alicyclic amines) is 1. The predicted octanol–water partition coefficient (Wildman–Crippen LogP) is 5.31. The van der Waals surface area contributed by atoms with Crippen LogP contribution in [0.3, 0.4) is 0 Å². The van der Waals surface area contributed by atoms with Gasteiger partial charge in [-0.05, 0) is 80.2 Å². The third-order valence-electron chi connectivity index (χ3n) is 7.34. The van der Waals surface area contributed by atoms with Crippen molar-refractivity contribution < 1.29 is 23.1 Å². The molecule has 2 aliphatic rings. The van der Waals surface area contributed by atoms with Crippen LogP contribution in [0.25, 0.3) is 0 Å².